The Morgan fingerprint density at radius 2 is 1.73 bits per heavy atom. The molecule has 1 fully saturated rings. The van der Waals surface area contributed by atoms with Gasteiger partial charge in [-0.05, 0) is 69.1 Å². The van der Waals surface area contributed by atoms with Crippen molar-refractivity contribution < 1.29 is 23.5 Å². The summed E-state index contributed by atoms with van der Waals surface area (Å²) >= 11 is 0. The first-order valence-electron chi connectivity index (χ1n) is 12.9. The van der Waals surface area contributed by atoms with Crippen LogP contribution in [0.15, 0.2) is 56.3 Å². The minimum absolute atomic E-state index is 0.118. The molecule has 2 aromatic carbocycles. The maximum atomic E-state index is 12.9. The van der Waals surface area contributed by atoms with Crippen molar-refractivity contribution in [3.05, 3.63) is 69.8 Å². The van der Waals surface area contributed by atoms with Crippen LogP contribution in [-0.2, 0) is 16.0 Å². The van der Waals surface area contributed by atoms with Gasteiger partial charge < -0.3 is 19.3 Å². The number of hydrogen-bond acceptors (Lipinski definition) is 5. The van der Waals surface area contributed by atoms with Crippen LogP contribution in [0.5, 0.6) is 0 Å². The standard InChI is InChI=1S/C30H31NO6/c1-17-22(12-13-26(32)31-15-19-8-10-21(11-9-19)29(33)34)30(35)37-28-18(2)27-24(14-23(17)28)25(16-36-27)20-6-4-3-5-7-20/h3-7,14,16,19,21H,8-13,15H2,1-2H3,(H,31,32)(H,33,34). The third kappa shape index (κ3) is 4.90. The van der Waals surface area contributed by atoms with Crippen LogP contribution in [-0.4, -0.2) is 23.5 Å². The van der Waals surface area contributed by atoms with E-state index in [0.29, 0.717) is 42.0 Å². The van der Waals surface area contributed by atoms with Gasteiger partial charge in [-0.15, -0.1) is 0 Å². The number of carbonyl (C=O) groups excluding carboxylic acids is 1. The number of nitrogens with one attached hydrogen (secondary N) is 1. The van der Waals surface area contributed by atoms with Crippen LogP contribution < -0.4 is 10.9 Å². The van der Waals surface area contributed by atoms with Crippen LogP contribution in [0.3, 0.4) is 0 Å². The van der Waals surface area contributed by atoms with Gasteiger partial charge in [0.05, 0.1) is 12.2 Å². The van der Waals surface area contributed by atoms with Crippen molar-refractivity contribution in [2.45, 2.75) is 52.4 Å². The van der Waals surface area contributed by atoms with E-state index >= 15 is 0 Å². The number of hydrogen-bond donors (Lipinski definition) is 2. The second-order valence-electron chi connectivity index (χ2n) is 10.1. The van der Waals surface area contributed by atoms with Gasteiger partial charge >= 0.3 is 11.6 Å². The summed E-state index contributed by atoms with van der Waals surface area (Å²) in [5.41, 5.74) is 4.89. The van der Waals surface area contributed by atoms with E-state index in [-0.39, 0.29) is 24.7 Å². The van der Waals surface area contributed by atoms with E-state index in [1.165, 1.54) is 0 Å². The predicted octanol–water partition coefficient (Wildman–Crippen LogP) is 5.76. The molecule has 0 atom stereocenters. The number of aryl methyl sites for hydroxylation is 2. The Kier molecular flexibility index (Phi) is 6.87. The molecule has 0 spiro atoms. The van der Waals surface area contributed by atoms with Crippen LogP contribution in [0.1, 0.15) is 48.8 Å². The number of amides is 1. The second-order valence-corrected chi connectivity index (χ2v) is 10.1. The molecule has 4 aromatic rings. The topological polar surface area (TPSA) is 110 Å². The van der Waals surface area contributed by atoms with E-state index in [0.717, 1.165) is 45.9 Å². The Hall–Kier alpha value is -3.87. The summed E-state index contributed by atoms with van der Waals surface area (Å²) in [6, 6.07) is 12.0. The molecule has 0 bridgehead atoms. The van der Waals surface area contributed by atoms with Gasteiger partial charge in [-0.1, -0.05) is 30.3 Å². The smallest absolute Gasteiger partial charge is 0.339 e. The average Bonchev–Trinajstić information content (AvgIpc) is 3.33. The molecule has 0 saturated heterocycles. The van der Waals surface area contributed by atoms with E-state index in [9.17, 15) is 14.4 Å². The number of benzene rings is 2. The van der Waals surface area contributed by atoms with Crippen LogP contribution in [0.2, 0.25) is 0 Å². The highest BCUT2D eigenvalue weighted by molar-refractivity contribution is 6.04. The molecule has 7 heteroatoms. The predicted molar refractivity (Wildman–Crippen MR) is 142 cm³/mol. The minimum Gasteiger partial charge on any atom is -0.481 e. The lowest BCUT2D eigenvalue weighted by Gasteiger charge is -2.26. The van der Waals surface area contributed by atoms with Gasteiger partial charge in [0.25, 0.3) is 0 Å². The zero-order chi connectivity index (χ0) is 26.1. The number of carbonyl (C=O) groups is 2. The fraction of sp³-hybridized carbons (Fsp3) is 0.367. The number of carboxylic acids is 1. The minimum atomic E-state index is -0.730. The zero-order valence-electron chi connectivity index (χ0n) is 21.1. The van der Waals surface area contributed by atoms with Crippen LogP contribution in [0.25, 0.3) is 33.1 Å². The summed E-state index contributed by atoms with van der Waals surface area (Å²) in [5.74, 6) is -0.817. The van der Waals surface area contributed by atoms with Crippen molar-refractivity contribution in [2.24, 2.45) is 11.8 Å². The highest BCUT2D eigenvalue weighted by atomic mass is 16.4. The SMILES string of the molecule is Cc1c(CCC(=O)NCC2CCC(C(=O)O)CC2)c(=O)oc2c(C)c3occ(-c4ccccc4)c3cc12. The molecule has 5 rings (SSSR count). The number of rotatable bonds is 7. The number of furan rings is 1. The summed E-state index contributed by atoms with van der Waals surface area (Å²) in [6.07, 6.45) is 5.12. The van der Waals surface area contributed by atoms with E-state index < -0.39 is 11.6 Å². The van der Waals surface area contributed by atoms with Crippen molar-refractivity contribution in [1.29, 1.82) is 0 Å². The largest absolute Gasteiger partial charge is 0.481 e. The highest BCUT2D eigenvalue weighted by Crippen LogP contribution is 2.37. The van der Waals surface area contributed by atoms with Gasteiger partial charge in [-0.3, -0.25) is 9.59 Å². The molecule has 1 aliphatic rings. The lowest BCUT2D eigenvalue weighted by atomic mass is 9.82. The molecule has 0 radical (unpaired) electrons. The normalized spacial score (nSPS) is 17.8. The van der Waals surface area contributed by atoms with Crippen molar-refractivity contribution in [3.8, 4) is 11.1 Å². The monoisotopic (exact) mass is 501 g/mol. The Balaban J connectivity index is 1.33. The molecule has 0 unspecified atom stereocenters. The first-order chi connectivity index (χ1) is 17.8. The lowest BCUT2D eigenvalue weighted by molar-refractivity contribution is -0.143. The molecule has 1 amide bonds. The van der Waals surface area contributed by atoms with E-state index in [4.69, 9.17) is 13.9 Å². The summed E-state index contributed by atoms with van der Waals surface area (Å²) in [6.45, 7) is 4.33. The van der Waals surface area contributed by atoms with Gasteiger partial charge in [-0.2, -0.15) is 0 Å². The van der Waals surface area contributed by atoms with Gasteiger partial charge in [0.2, 0.25) is 5.91 Å². The summed E-state index contributed by atoms with van der Waals surface area (Å²) < 4.78 is 11.6. The molecular weight excluding hydrogens is 470 g/mol. The van der Waals surface area contributed by atoms with E-state index in [2.05, 4.69) is 5.32 Å². The fourth-order valence-electron chi connectivity index (χ4n) is 5.53. The Labute approximate surface area is 214 Å². The van der Waals surface area contributed by atoms with Crippen molar-refractivity contribution >= 4 is 33.8 Å². The Morgan fingerprint density at radius 1 is 1.00 bits per heavy atom. The number of fused-ring (bicyclic) bond motifs is 2. The van der Waals surface area contributed by atoms with Gasteiger partial charge in [-0.25, -0.2) is 4.79 Å². The molecule has 1 saturated carbocycles. The van der Waals surface area contributed by atoms with Crippen LogP contribution >= 0.6 is 0 Å². The third-order valence-electron chi connectivity index (χ3n) is 7.81. The van der Waals surface area contributed by atoms with E-state index in [1.54, 1.807) is 6.26 Å². The Morgan fingerprint density at radius 3 is 2.43 bits per heavy atom. The third-order valence-corrected chi connectivity index (χ3v) is 7.81. The molecular formula is C30H31NO6. The van der Waals surface area contributed by atoms with Gasteiger partial charge in [0.1, 0.15) is 11.2 Å². The second kappa shape index (κ2) is 10.2. The summed E-state index contributed by atoms with van der Waals surface area (Å²) in [4.78, 5) is 36.6. The quantitative estimate of drug-likeness (QED) is 0.312. The zero-order valence-corrected chi connectivity index (χ0v) is 21.1. The average molecular weight is 502 g/mol. The fourth-order valence-corrected chi connectivity index (χ4v) is 5.53. The van der Waals surface area contributed by atoms with Crippen molar-refractivity contribution in [2.75, 3.05) is 6.54 Å². The molecule has 1 aliphatic carbocycles. The van der Waals surface area contributed by atoms with Gasteiger partial charge in [0.15, 0.2) is 0 Å². The molecule has 2 N–H and O–H groups in total. The number of aliphatic carboxylic acids is 1. The maximum absolute atomic E-state index is 12.9. The number of carboxylic acid groups (broad SMARTS) is 1. The highest BCUT2D eigenvalue weighted by Gasteiger charge is 2.26. The summed E-state index contributed by atoms with van der Waals surface area (Å²) in [7, 11) is 0. The maximum Gasteiger partial charge on any atom is 0.339 e. The Bertz CT molecular complexity index is 1520. The lowest BCUT2D eigenvalue weighted by Crippen LogP contribution is -2.32. The van der Waals surface area contributed by atoms with Crippen LogP contribution in [0.4, 0.5) is 0 Å². The molecule has 7 nitrogen and oxygen atoms in total. The van der Waals surface area contributed by atoms with E-state index in [1.807, 2.05) is 50.2 Å². The van der Waals surface area contributed by atoms with Gasteiger partial charge in [0, 0.05) is 40.4 Å². The molecule has 192 valence electrons. The molecule has 37 heavy (non-hydrogen) atoms. The first-order valence-corrected chi connectivity index (χ1v) is 12.9. The summed E-state index contributed by atoms with van der Waals surface area (Å²) in [5, 5.41) is 13.9. The van der Waals surface area contributed by atoms with Crippen molar-refractivity contribution in [3.63, 3.8) is 0 Å². The molecule has 2 heterocycles. The molecule has 2 aromatic heterocycles. The van der Waals surface area contributed by atoms with Crippen LogP contribution in [0, 0.1) is 25.7 Å². The molecule has 0 aliphatic heterocycles. The first kappa shape index (κ1) is 24.8. The van der Waals surface area contributed by atoms with Crippen molar-refractivity contribution in [1.82, 2.24) is 5.32 Å².